The third-order valence-electron chi connectivity index (χ3n) is 4.32. The molecule has 3 heterocycles. The highest BCUT2D eigenvalue weighted by Crippen LogP contribution is 2.35. The van der Waals surface area contributed by atoms with Crippen molar-refractivity contribution < 1.29 is 14.3 Å². The highest BCUT2D eigenvalue weighted by molar-refractivity contribution is 7.20. The molecule has 7 nitrogen and oxygen atoms in total. The summed E-state index contributed by atoms with van der Waals surface area (Å²) in [4.78, 5) is 26.8. The van der Waals surface area contributed by atoms with Crippen LogP contribution in [0.4, 0.5) is 11.5 Å². The van der Waals surface area contributed by atoms with Crippen molar-refractivity contribution in [2.45, 2.75) is 6.92 Å². The summed E-state index contributed by atoms with van der Waals surface area (Å²) >= 11 is 1.30. The molecule has 8 heteroatoms. The fourth-order valence-corrected chi connectivity index (χ4v) is 4.02. The number of ether oxygens (including phenoxy) is 2. The summed E-state index contributed by atoms with van der Waals surface area (Å²) in [5, 5.41) is 5.19. The number of nitrogens with zero attached hydrogens (tertiary/aromatic N) is 3. The number of nitrogens with one attached hydrogen (secondary N) is 1. The molecular formula is C20H18N4O3S. The van der Waals surface area contributed by atoms with Gasteiger partial charge in [-0.05, 0) is 24.6 Å². The molecule has 0 fully saturated rings. The number of thiophene rings is 1. The summed E-state index contributed by atoms with van der Waals surface area (Å²) in [5.74, 6) is 0.253. The predicted molar refractivity (Wildman–Crippen MR) is 109 cm³/mol. The van der Waals surface area contributed by atoms with Gasteiger partial charge in [0.2, 0.25) is 0 Å². The van der Waals surface area contributed by atoms with E-state index in [1.165, 1.54) is 17.7 Å². The van der Waals surface area contributed by atoms with Gasteiger partial charge in [-0.25, -0.2) is 14.8 Å². The minimum absolute atomic E-state index is 0.210. The number of hydrogen-bond acceptors (Lipinski definition) is 8. The first kappa shape index (κ1) is 18.3. The van der Waals surface area contributed by atoms with E-state index in [4.69, 9.17) is 9.47 Å². The maximum Gasteiger partial charge on any atom is 0.348 e. The summed E-state index contributed by atoms with van der Waals surface area (Å²) in [6.45, 7) is 2.44. The second kappa shape index (κ2) is 7.87. The van der Waals surface area contributed by atoms with Crippen molar-refractivity contribution in [3.8, 4) is 0 Å². The van der Waals surface area contributed by atoms with Crippen LogP contribution in [0, 0.1) is 6.92 Å². The summed E-state index contributed by atoms with van der Waals surface area (Å²) in [5.41, 5.74) is 2.48. The number of carbonyl (C=O) groups is 1. The second-order valence-corrected chi connectivity index (χ2v) is 7.09. The van der Waals surface area contributed by atoms with Crippen LogP contribution in [-0.4, -0.2) is 41.2 Å². The van der Waals surface area contributed by atoms with Crippen molar-refractivity contribution in [2.75, 3.05) is 25.6 Å². The lowest BCUT2D eigenvalue weighted by Gasteiger charge is -2.09. The molecule has 0 atom stereocenters. The number of rotatable bonds is 6. The Morgan fingerprint density at radius 1 is 1.14 bits per heavy atom. The number of aryl methyl sites for hydroxylation is 1. The lowest BCUT2D eigenvalue weighted by Crippen LogP contribution is -2.09. The lowest BCUT2D eigenvalue weighted by molar-refractivity contribution is 0.0393. The molecule has 0 unspecified atom stereocenters. The van der Waals surface area contributed by atoms with Gasteiger partial charge in [0.1, 0.15) is 28.5 Å². The average molecular weight is 394 g/mol. The average Bonchev–Trinajstić information content (AvgIpc) is 3.06. The monoisotopic (exact) mass is 394 g/mol. The Labute approximate surface area is 165 Å². The molecule has 28 heavy (non-hydrogen) atoms. The number of benzene rings is 1. The summed E-state index contributed by atoms with van der Waals surface area (Å²) in [6.07, 6.45) is 3.24. The van der Waals surface area contributed by atoms with Gasteiger partial charge in [0, 0.05) is 18.7 Å². The number of esters is 1. The smallest absolute Gasteiger partial charge is 0.348 e. The summed E-state index contributed by atoms with van der Waals surface area (Å²) in [6, 6.07) is 9.83. The van der Waals surface area contributed by atoms with Gasteiger partial charge < -0.3 is 14.8 Å². The Kier molecular flexibility index (Phi) is 5.14. The van der Waals surface area contributed by atoms with Gasteiger partial charge >= 0.3 is 5.97 Å². The van der Waals surface area contributed by atoms with E-state index in [2.05, 4.69) is 20.3 Å². The van der Waals surface area contributed by atoms with Crippen molar-refractivity contribution in [3.63, 3.8) is 0 Å². The van der Waals surface area contributed by atoms with Crippen LogP contribution in [0.15, 0.2) is 42.9 Å². The minimum atomic E-state index is -0.379. The minimum Gasteiger partial charge on any atom is -0.459 e. The van der Waals surface area contributed by atoms with E-state index in [0.717, 1.165) is 32.4 Å². The SMILES string of the molecule is COCCOC(=O)c1sc2ncnc(Nc3cccc4cccnc34)c2c1C. The molecule has 0 amide bonds. The number of anilines is 2. The van der Waals surface area contributed by atoms with Crippen molar-refractivity contribution in [1.29, 1.82) is 0 Å². The zero-order chi connectivity index (χ0) is 19.5. The molecule has 0 radical (unpaired) electrons. The quantitative estimate of drug-likeness (QED) is 0.389. The first-order valence-electron chi connectivity index (χ1n) is 8.70. The van der Waals surface area contributed by atoms with Crippen LogP contribution in [0.5, 0.6) is 0 Å². The molecule has 1 aromatic carbocycles. The largest absolute Gasteiger partial charge is 0.459 e. The molecule has 0 saturated heterocycles. The zero-order valence-corrected chi connectivity index (χ0v) is 16.2. The molecule has 4 rings (SSSR count). The molecule has 0 aliphatic rings. The van der Waals surface area contributed by atoms with Crippen LogP contribution in [0.3, 0.4) is 0 Å². The topological polar surface area (TPSA) is 86.2 Å². The molecule has 4 aromatic rings. The first-order valence-corrected chi connectivity index (χ1v) is 9.51. The van der Waals surface area contributed by atoms with Crippen LogP contribution >= 0.6 is 11.3 Å². The fraction of sp³-hybridized carbons (Fsp3) is 0.200. The molecule has 0 aliphatic carbocycles. The van der Waals surface area contributed by atoms with Crippen LogP contribution in [0.2, 0.25) is 0 Å². The lowest BCUT2D eigenvalue weighted by atomic mass is 10.1. The number of fused-ring (bicyclic) bond motifs is 2. The van der Waals surface area contributed by atoms with E-state index < -0.39 is 0 Å². The Hall–Kier alpha value is -3.10. The molecule has 1 N–H and O–H groups in total. The standard InChI is InChI=1S/C20H18N4O3S/c1-12-15-18(24-14-7-3-5-13-6-4-8-21-16(13)14)22-11-23-19(15)28-17(12)20(25)27-10-9-26-2/h3-8,11H,9-10H2,1-2H3,(H,22,23,24). The summed E-state index contributed by atoms with van der Waals surface area (Å²) < 4.78 is 10.2. The van der Waals surface area contributed by atoms with Gasteiger partial charge in [-0.1, -0.05) is 18.2 Å². The van der Waals surface area contributed by atoms with Gasteiger partial charge in [0.25, 0.3) is 0 Å². The number of para-hydroxylation sites is 1. The maximum atomic E-state index is 12.4. The Morgan fingerprint density at radius 2 is 2.00 bits per heavy atom. The summed E-state index contributed by atoms with van der Waals surface area (Å²) in [7, 11) is 1.56. The Bertz CT molecular complexity index is 1150. The highest BCUT2D eigenvalue weighted by atomic mass is 32.1. The van der Waals surface area contributed by atoms with Gasteiger partial charge in [-0.3, -0.25) is 4.98 Å². The molecule has 0 spiro atoms. The van der Waals surface area contributed by atoms with Crippen LogP contribution in [0.25, 0.3) is 21.1 Å². The van der Waals surface area contributed by atoms with E-state index in [1.54, 1.807) is 13.3 Å². The molecule has 142 valence electrons. The zero-order valence-electron chi connectivity index (χ0n) is 15.4. The Morgan fingerprint density at radius 3 is 2.86 bits per heavy atom. The maximum absolute atomic E-state index is 12.4. The molecule has 0 aliphatic heterocycles. The fourth-order valence-electron chi connectivity index (χ4n) is 2.98. The van der Waals surface area contributed by atoms with Crippen molar-refractivity contribution in [2.24, 2.45) is 0 Å². The first-order chi connectivity index (χ1) is 13.7. The normalized spacial score (nSPS) is 11.1. The Balaban J connectivity index is 1.73. The molecule has 0 bridgehead atoms. The predicted octanol–water partition coefficient (Wildman–Crippen LogP) is 4.09. The number of pyridine rings is 1. The van der Waals surface area contributed by atoms with Gasteiger partial charge in [-0.2, -0.15) is 0 Å². The number of carbonyl (C=O) groups excluding carboxylic acids is 1. The van der Waals surface area contributed by atoms with Crippen LogP contribution < -0.4 is 5.32 Å². The second-order valence-electron chi connectivity index (χ2n) is 6.09. The number of hydrogen-bond donors (Lipinski definition) is 1. The van der Waals surface area contributed by atoms with E-state index in [0.29, 0.717) is 17.3 Å². The van der Waals surface area contributed by atoms with Crippen molar-refractivity contribution in [3.05, 3.63) is 53.3 Å². The van der Waals surface area contributed by atoms with Gasteiger partial charge in [-0.15, -0.1) is 11.3 Å². The van der Waals surface area contributed by atoms with E-state index in [-0.39, 0.29) is 12.6 Å². The van der Waals surface area contributed by atoms with Gasteiger partial charge in [0.05, 0.1) is 23.2 Å². The van der Waals surface area contributed by atoms with Crippen molar-refractivity contribution >= 4 is 49.9 Å². The number of aromatic nitrogens is 3. The van der Waals surface area contributed by atoms with E-state index in [1.807, 2.05) is 37.3 Å². The molecule has 3 aromatic heterocycles. The number of methoxy groups -OCH3 is 1. The molecular weight excluding hydrogens is 376 g/mol. The molecule has 0 saturated carbocycles. The van der Waals surface area contributed by atoms with E-state index >= 15 is 0 Å². The van der Waals surface area contributed by atoms with Gasteiger partial charge in [0.15, 0.2) is 0 Å². The van der Waals surface area contributed by atoms with Crippen LogP contribution in [0.1, 0.15) is 15.2 Å². The van der Waals surface area contributed by atoms with E-state index in [9.17, 15) is 4.79 Å². The van der Waals surface area contributed by atoms with Crippen LogP contribution in [-0.2, 0) is 9.47 Å². The third-order valence-corrected chi connectivity index (χ3v) is 5.50. The van der Waals surface area contributed by atoms with Crippen molar-refractivity contribution in [1.82, 2.24) is 15.0 Å². The highest BCUT2D eigenvalue weighted by Gasteiger charge is 2.20. The third kappa shape index (κ3) is 3.39.